The molecular weight excluding hydrogens is 232 g/mol. The van der Waals surface area contributed by atoms with Crippen molar-refractivity contribution in [3.8, 4) is 0 Å². The van der Waals surface area contributed by atoms with Crippen LogP contribution in [0.25, 0.3) is 32.7 Å². The number of fused-ring (bicyclic) bond motifs is 4. The van der Waals surface area contributed by atoms with Crippen LogP contribution < -0.4 is 0 Å². The molecule has 3 aromatic carbocycles. The molecule has 92 valence electrons. The normalized spacial score (nSPS) is 11.7. The van der Waals surface area contributed by atoms with Gasteiger partial charge in [0.05, 0.1) is 0 Å². The topological polar surface area (TPSA) is 13.1 Å². The molecule has 19 heavy (non-hydrogen) atoms. The zero-order valence-corrected chi connectivity index (χ0v) is 11.0. The van der Waals surface area contributed by atoms with Gasteiger partial charge in [-0.1, -0.05) is 30.3 Å². The van der Waals surface area contributed by atoms with Crippen LogP contribution in [-0.2, 0) is 0 Å². The highest BCUT2D eigenvalue weighted by atomic mass is 16.3. The van der Waals surface area contributed by atoms with Crippen molar-refractivity contribution in [2.75, 3.05) is 0 Å². The Labute approximate surface area is 111 Å². The fourth-order valence-electron chi connectivity index (χ4n) is 2.83. The fraction of sp³-hybridized carbons (Fsp3) is 0.111. The van der Waals surface area contributed by atoms with Crippen molar-refractivity contribution in [1.82, 2.24) is 0 Å². The van der Waals surface area contributed by atoms with Gasteiger partial charge < -0.3 is 4.42 Å². The van der Waals surface area contributed by atoms with Crippen molar-refractivity contribution >= 4 is 32.7 Å². The number of benzene rings is 3. The first-order chi connectivity index (χ1) is 9.24. The van der Waals surface area contributed by atoms with Gasteiger partial charge in [-0.2, -0.15) is 0 Å². The van der Waals surface area contributed by atoms with E-state index in [0.717, 1.165) is 11.2 Å². The Balaban J connectivity index is 2.28. The molecule has 0 aliphatic heterocycles. The molecule has 0 radical (unpaired) electrons. The average molecular weight is 246 g/mol. The molecule has 0 atom stereocenters. The predicted octanol–water partition coefficient (Wildman–Crippen LogP) is 5.36. The second kappa shape index (κ2) is 3.61. The van der Waals surface area contributed by atoms with Gasteiger partial charge in [0.15, 0.2) is 0 Å². The maximum absolute atomic E-state index is 6.00. The van der Waals surface area contributed by atoms with Crippen molar-refractivity contribution in [2.24, 2.45) is 0 Å². The second-order valence-corrected chi connectivity index (χ2v) is 5.18. The van der Waals surface area contributed by atoms with Crippen molar-refractivity contribution < 1.29 is 4.42 Å². The summed E-state index contributed by atoms with van der Waals surface area (Å²) in [5.74, 6) is 0. The quantitative estimate of drug-likeness (QED) is 0.407. The number of hydrogen-bond donors (Lipinski definition) is 0. The third-order valence-electron chi connectivity index (χ3n) is 4.03. The molecule has 0 aliphatic rings. The lowest BCUT2D eigenvalue weighted by Gasteiger charge is -2.01. The molecule has 4 aromatic rings. The molecule has 0 saturated carbocycles. The lowest BCUT2D eigenvalue weighted by atomic mass is 10.0. The van der Waals surface area contributed by atoms with E-state index >= 15 is 0 Å². The molecule has 4 rings (SSSR count). The van der Waals surface area contributed by atoms with Crippen LogP contribution in [0.1, 0.15) is 11.1 Å². The van der Waals surface area contributed by atoms with Crippen LogP contribution >= 0.6 is 0 Å². The van der Waals surface area contributed by atoms with Crippen molar-refractivity contribution in [1.29, 1.82) is 0 Å². The van der Waals surface area contributed by atoms with Gasteiger partial charge in [-0.15, -0.1) is 0 Å². The Kier molecular flexibility index (Phi) is 2.02. The van der Waals surface area contributed by atoms with E-state index < -0.39 is 0 Å². The summed E-state index contributed by atoms with van der Waals surface area (Å²) in [6, 6.07) is 17.0. The monoisotopic (exact) mass is 246 g/mol. The largest absolute Gasteiger partial charge is 0.456 e. The third-order valence-corrected chi connectivity index (χ3v) is 4.03. The summed E-state index contributed by atoms with van der Waals surface area (Å²) in [5, 5.41) is 4.96. The Morgan fingerprint density at radius 2 is 1.53 bits per heavy atom. The zero-order valence-electron chi connectivity index (χ0n) is 11.0. The average Bonchev–Trinajstić information content (AvgIpc) is 2.78. The summed E-state index contributed by atoms with van der Waals surface area (Å²) >= 11 is 0. The molecule has 1 aromatic heterocycles. The molecule has 0 amide bonds. The summed E-state index contributed by atoms with van der Waals surface area (Å²) in [6.07, 6.45) is 0. The van der Waals surface area contributed by atoms with E-state index in [-0.39, 0.29) is 0 Å². The van der Waals surface area contributed by atoms with Gasteiger partial charge in [-0.3, -0.25) is 0 Å². The SMILES string of the molecule is Cc1ccc2oc3cc4ccccc4cc3c2c1C. The molecule has 0 bridgehead atoms. The van der Waals surface area contributed by atoms with E-state index in [2.05, 4.69) is 62.4 Å². The molecule has 0 N–H and O–H groups in total. The van der Waals surface area contributed by atoms with Crippen LogP contribution in [0.15, 0.2) is 52.9 Å². The Hall–Kier alpha value is -2.28. The summed E-state index contributed by atoms with van der Waals surface area (Å²) in [6.45, 7) is 4.32. The van der Waals surface area contributed by atoms with Crippen LogP contribution in [-0.4, -0.2) is 0 Å². The molecule has 0 spiro atoms. The molecule has 1 heterocycles. The minimum Gasteiger partial charge on any atom is -0.456 e. The first kappa shape index (κ1) is 10.6. The first-order valence-electron chi connectivity index (χ1n) is 6.55. The molecular formula is C18H14O. The van der Waals surface area contributed by atoms with E-state index in [9.17, 15) is 0 Å². The van der Waals surface area contributed by atoms with Gasteiger partial charge in [-0.25, -0.2) is 0 Å². The van der Waals surface area contributed by atoms with Crippen LogP contribution in [0.3, 0.4) is 0 Å². The highest BCUT2D eigenvalue weighted by Gasteiger charge is 2.11. The lowest BCUT2D eigenvalue weighted by molar-refractivity contribution is 0.669. The van der Waals surface area contributed by atoms with Gasteiger partial charge in [0.2, 0.25) is 0 Å². The molecule has 1 nitrogen and oxygen atoms in total. The van der Waals surface area contributed by atoms with Crippen LogP contribution in [0.4, 0.5) is 0 Å². The van der Waals surface area contributed by atoms with Crippen LogP contribution in [0.5, 0.6) is 0 Å². The van der Waals surface area contributed by atoms with Crippen molar-refractivity contribution in [3.63, 3.8) is 0 Å². The Bertz CT molecular complexity index is 929. The Morgan fingerprint density at radius 3 is 2.32 bits per heavy atom. The summed E-state index contributed by atoms with van der Waals surface area (Å²) in [5.41, 5.74) is 4.57. The number of aryl methyl sites for hydroxylation is 2. The smallest absolute Gasteiger partial charge is 0.136 e. The van der Waals surface area contributed by atoms with Gasteiger partial charge in [0.1, 0.15) is 11.2 Å². The van der Waals surface area contributed by atoms with E-state index in [1.165, 1.54) is 32.7 Å². The molecule has 1 heteroatoms. The van der Waals surface area contributed by atoms with Gasteiger partial charge >= 0.3 is 0 Å². The van der Waals surface area contributed by atoms with E-state index in [1.54, 1.807) is 0 Å². The van der Waals surface area contributed by atoms with Crippen molar-refractivity contribution in [2.45, 2.75) is 13.8 Å². The predicted molar refractivity (Wildman–Crippen MR) is 80.7 cm³/mol. The molecule has 0 aliphatic carbocycles. The van der Waals surface area contributed by atoms with Crippen LogP contribution in [0.2, 0.25) is 0 Å². The maximum atomic E-state index is 6.00. The zero-order chi connectivity index (χ0) is 13.0. The minimum absolute atomic E-state index is 0.974. The summed E-state index contributed by atoms with van der Waals surface area (Å²) < 4.78 is 6.00. The first-order valence-corrected chi connectivity index (χ1v) is 6.55. The lowest BCUT2D eigenvalue weighted by Crippen LogP contribution is -1.80. The maximum Gasteiger partial charge on any atom is 0.136 e. The van der Waals surface area contributed by atoms with E-state index in [1.807, 2.05) is 0 Å². The van der Waals surface area contributed by atoms with Gasteiger partial charge in [0, 0.05) is 10.8 Å². The highest BCUT2D eigenvalue weighted by molar-refractivity contribution is 6.11. The third kappa shape index (κ3) is 1.42. The van der Waals surface area contributed by atoms with E-state index in [0.29, 0.717) is 0 Å². The molecule has 0 fully saturated rings. The minimum atomic E-state index is 0.974. The fourth-order valence-corrected chi connectivity index (χ4v) is 2.83. The number of hydrogen-bond acceptors (Lipinski definition) is 1. The Morgan fingerprint density at radius 1 is 0.789 bits per heavy atom. The van der Waals surface area contributed by atoms with Crippen molar-refractivity contribution in [3.05, 3.63) is 59.7 Å². The van der Waals surface area contributed by atoms with Crippen LogP contribution in [0, 0.1) is 13.8 Å². The second-order valence-electron chi connectivity index (χ2n) is 5.18. The van der Waals surface area contributed by atoms with E-state index in [4.69, 9.17) is 4.42 Å². The number of rotatable bonds is 0. The standard InChI is InChI=1S/C18H14O/c1-11-7-8-16-18(12(11)2)15-9-13-5-3-4-6-14(13)10-17(15)19-16/h3-10H,1-2H3. The summed E-state index contributed by atoms with van der Waals surface area (Å²) in [4.78, 5) is 0. The van der Waals surface area contributed by atoms with Gasteiger partial charge in [0.25, 0.3) is 0 Å². The molecule has 0 saturated heterocycles. The highest BCUT2D eigenvalue weighted by Crippen LogP contribution is 2.34. The number of furan rings is 1. The molecule has 0 unspecified atom stereocenters. The van der Waals surface area contributed by atoms with Gasteiger partial charge in [-0.05, 0) is 53.9 Å². The summed E-state index contributed by atoms with van der Waals surface area (Å²) in [7, 11) is 0.